The minimum Gasteiger partial charge on any atom is -0.481 e. The molecule has 0 amide bonds. The number of hydrogen-bond acceptors (Lipinski definition) is 5. The van der Waals surface area contributed by atoms with Gasteiger partial charge < -0.3 is 20.7 Å². The number of benzene rings is 1. The smallest absolute Gasteiger partial charge is 0.215 e. The van der Waals surface area contributed by atoms with Gasteiger partial charge in [-0.2, -0.15) is 4.98 Å². The highest BCUT2D eigenvalue weighted by Crippen LogP contribution is 2.29. The number of nitrogens with zero attached hydrogens (tertiary/aromatic N) is 2. The third kappa shape index (κ3) is 2.88. The topological polar surface area (TPSA) is 63.4 Å². The van der Waals surface area contributed by atoms with Crippen LogP contribution < -0.4 is 20.7 Å². The number of nitrogens with two attached hydrogens (primary N) is 1. The highest BCUT2D eigenvalue weighted by molar-refractivity contribution is 5.78. The molecule has 1 heterocycles. The van der Waals surface area contributed by atoms with Gasteiger partial charge in [0.25, 0.3) is 0 Å². The molecule has 0 aliphatic rings. The molecule has 0 atom stereocenters. The third-order valence-electron chi connectivity index (χ3n) is 2.75. The van der Waals surface area contributed by atoms with Crippen molar-refractivity contribution in [2.24, 2.45) is 0 Å². The number of para-hydroxylation sites is 2. The molecule has 3 N–H and O–H groups in total. The van der Waals surface area contributed by atoms with Crippen LogP contribution in [0.5, 0.6) is 5.88 Å². The van der Waals surface area contributed by atoms with Gasteiger partial charge in [0.15, 0.2) is 5.82 Å². The van der Waals surface area contributed by atoms with Crippen LogP contribution in [0.3, 0.4) is 0 Å². The predicted molar refractivity (Wildman–Crippen MR) is 79.3 cm³/mol. The van der Waals surface area contributed by atoms with Gasteiger partial charge in [-0.3, -0.25) is 0 Å². The largest absolute Gasteiger partial charge is 0.481 e. The van der Waals surface area contributed by atoms with E-state index in [1.54, 1.807) is 19.2 Å². The van der Waals surface area contributed by atoms with Crippen LogP contribution in [0.1, 0.15) is 0 Å². The molecule has 100 valence electrons. The van der Waals surface area contributed by atoms with Gasteiger partial charge in [0, 0.05) is 20.2 Å². The number of pyridine rings is 1. The van der Waals surface area contributed by atoms with Gasteiger partial charge in [0.1, 0.15) is 0 Å². The van der Waals surface area contributed by atoms with Crippen molar-refractivity contribution in [3.05, 3.63) is 36.4 Å². The van der Waals surface area contributed by atoms with E-state index in [9.17, 15) is 0 Å². The number of ether oxygens (including phenoxy) is 1. The maximum absolute atomic E-state index is 5.92. The lowest BCUT2D eigenvalue weighted by Gasteiger charge is -2.18. The number of nitrogen functional groups attached to an aromatic ring is 1. The first-order chi connectivity index (χ1) is 9.11. The number of rotatable bonds is 4. The summed E-state index contributed by atoms with van der Waals surface area (Å²) < 4.78 is 5.11. The van der Waals surface area contributed by atoms with Gasteiger partial charge in [-0.1, -0.05) is 12.1 Å². The maximum atomic E-state index is 5.92. The Morgan fingerprint density at radius 3 is 2.58 bits per heavy atom. The second kappa shape index (κ2) is 5.48. The molecule has 0 saturated carbocycles. The Labute approximate surface area is 113 Å². The Balaban J connectivity index is 2.36. The van der Waals surface area contributed by atoms with Gasteiger partial charge in [-0.05, 0) is 18.2 Å². The number of anilines is 4. The molecule has 0 fully saturated rings. The standard InChI is InChI=1S/C14H18N4O/c1-18(2)12-7-5-4-6-11(12)16-14-10(15)8-9-13(17-14)19-3/h4-9H,15H2,1-3H3,(H,16,17). The van der Waals surface area contributed by atoms with E-state index in [-0.39, 0.29) is 0 Å². The monoisotopic (exact) mass is 258 g/mol. The van der Waals surface area contributed by atoms with E-state index in [1.165, 1.54) is 0 Å². The quantitative estimate of drug-likeness (QED) is 0.882. The zero-order chi connectivity index (χ0) is 13.8. The molecule has 0 spiro atoms. The van der Waals surface area contributed by atoms with Gasteiger partial charge >= 0.3 is 0 Å². The Morgan fingerprint density at radius 2 is 1.89 bits per heavy atom. The average molecular weight is 258 g/mol. The van der Waals surface area contributed by atoms with Crippen molar-refractivity contribution in [1.82, 2.24) is 4.98 Å². The van der Waals surface area contributed by atoms with Gasteiger partial charge in [-0.15, -0.1) is 0 Å². The second-order valence-corrected chi connectivity index (χ2v) is 4.33. The number of methoxy groups -OCH3 is 1. The van der Waals surface area contributed by atoms with Crippen LogP contribution in [-0.4, -0.2) is 26.2 Å². The molecule has 2 rings (SSSR count). The summed E-state index contributed by atoms with van der Waals surface area (Å²) in [6.07, 6.45) is 0. The number of nitrogens with one attached hydrogen (secondary N) is 1. The van der Waals surface area contributed by atoms with E-state index in [2.05, 4.69) is 10.3 Å². The summed E-state index contributed by atoms with van der Waals surface area (Å²) in [5.41, 5.74) is 8.51. The van der Waals surface area contributed by atoms with Crippen molar-refractivity contribution in [2.75, 3.05) is 37.2 Å². The minimum absolute atomic E-state index is 0.527. The highest BCUT2D eigenvalue weighted by Gasteiger charge is 2.08. The van der Waals surface area contributed by atoms with Gasteiger partial charge in [0.05, 0.1) is 24.2 Å². The van der Waals surface area contributed by atoms with Crippen molar-refractivity contribution < 1.29 is 4.74 Å². The van der Waals surface area contributed by atoms with Crippen molar-refractivity contribution in [2.45, 2.75) is 0 Å². The van der Waals surface area contributed by atoms with Crippen LogP contribution in [0.25, 0.3) is 0 Å². The number of aromatic nitrogens is 1. The third-order valence-corrected chi connectivity index (χ3v) is 2.75. The van der Waals surface area contributed by atoms with Crippen molar-refractivity contribution >= 4 is 22.9 Å². The van der Waals surface area contributed by atoms with E-state index >= 15 is 0 Å². The average Bonchev–Trinajstić information content (AvgIpc) is 2.41. The molecule has 0 bridgehead atoms. The fourth-order valence-corrected chi connectivity index (χ4v) is 1.76. The highest BCUT2D eigenvalue weighted by atomic mass is 16.5. The lowest BCUT2D eigenvalue weighted by atomic mass is 10.2. The summed E-state index contributed by atoms with van der Waals surface area (Å²) in [5.74, 6) is 1.12. The lowest BCUT2D eigenvalue weighted by Crippen LogP contribution is -2.11. The Bertz CT molecular complexity index is 569. The van der Waals surface area contributed by atoms with Gasteiger partial charge in [-0.25, -0.2) is 0 Å². The summed E-state index contributed by atoms with van der Waals surface area (Å²) in [7, 11) is 5.56. The fourth-order valence-electron chi connectivity index (χ4n) is 1.76. The molecule has 0 radical (unpaired) electrons. The molecule has 0 aliphatic heterocycles. The van der Waals surface area contributed by atoms with Crippen LogP contribution in [0.15, 0.2) is 36.4 Å². The molecule has 5 heteroatoms. The van der Waals surface area contributed by atoms with E-state index < -0.39 is 0 Å². The van der Waals surface area contributed by atoms with Gasteiger partial charge in [0.2, 0.25) is 5.88 Å². The summed E-state index contributed by atoms with van der Waals surface area (Å²) in [4.78, 5) is 6.34. The van der Waals surface area contributed by atoms with Crippen LogP contribution >= 0.6 is 0 Å². The molecule has 0 aliphatic carbocycles. The molecule has 1 aromatic carbocycles. The predicted octanol–water partition coefficient (Wildman–Crippen LogP) is 2.48. The SMILES string of the molecule is COc1ccc(N)c(Nc2ccccc2N(C)C)n1. The Kier molecular flexibility index (Phi) is 3.75. The summed E-state index contributed by atoms with van der Waals surface area (Å²) in [5, 5.41) is 3.24. The van der Waals surface area contributed by atoms with Crippen LogP contribution in [0.4, 0.5) is 22.9 Å². The van der Waals surface area contributed by atoms with Crippen LogP contribution in [0, 0.1) is 0 Å². The van der Waals surface area contributed by atoms with Crippen LogP contribution in [-0.2, 0) is 0 Å². The van der Waals surface area contributed by atoms with Crippen LogP contribution in [0.2, 0.25) is 0 Å². The minimum atomic E-state index is 0.527. The molecule has 5 nitrogen and oxygen atoms in total. The van der Waals surface area contributed by atoms with E-state index in [4.69, 9.17) is 10.5 Å². The first kappa shape index (κ1) is 13.0. The molecule has 1 aromatic heterocycles. The first-order valence-corrected chi connectivity index (χ1v) is 5.95. The zero-order valence-electron chi connectivity index (χ0n) is 11.3. The van der Waals surface area contributed by atoms with E-state index in [1.807, 2.05) is 43.3 Å². The molecule has 0 saturated heterocycles. The molecule has 0 unspecified atom stereocenters. The normalized spacial score (nSPS) is 10.1. The Hall–Kier alpha value is -2.43. The van der Waals surface area contributed by atoms with E-state index in [0.717, 1.165) is 11.4 Å². The first-order valence-electron chi connectivity index (χ1n) is 5.95. The summed E-state index contributed by atoms with van der Waals surface area (Å²) >= 11 is 0. The van der Waals surface area contributed by atoms with Crippen molar-refractivity contribution in [3.8, 4) is 5.88 Å². The summed E-state index contributed by atoms with van der Waals surface area (Å²) in [6.45, 7) is 0. The van der Waals surface area contributed by atoms with E-state index in [0.29, 0.717) is 17.4 Å². The molecular weight excluding hydrogens is 240 g/mol. The second-order valence-electron chi connectivity index (χ2n) is 4.33. The lowest BCUT2D eigenvalue weighted by molar-refractivity contribution is 0.398. The zero-order valence-corrected chi connectivity index (χ0v) is 11.3. The maximum Gasteiger partial charge on any atom is 0.215 e. The number of hydrogen-bond donors (Lipinski definition) is 2. The van der Waals surface area contributed by atoms with Crippen molar-refractivity contribution in [1.29, 1.82) is 0 Å². The molecule has 19 heavy (non-hydrogen) atoms. The molecule has 2 aromatic rings. The fraction of sp³-hybridized carbons (Fsp3) is 0.214. The Morgan fingerprint density at radius 1 is 1.16 bits per heavy atom. The summed E-state index contributed by atoms with van der Waals surface area (Å²) in [6, 6.07) is 11.5. The molecular formula is C14H18N4O. The van der Waals surface area contributed by atoms with Crippen molar-refractivity contribution in [3.63, 3.8) is 0 Å².